The standard InChI is InChI=1S/C14H24N2O.ClH/c17-14(15-8-7-10-5-6-10)13-9-11-3-1-2-4-12(11)16-13;/h10-13,16H,1-9H2,(H,15,17);1H. The van der Waals surface area contributed by atoms with Gasteiger partial charge in [-0.25, -0.2) is 0 Å². The highest BCUT2D eigenvalue weighted by molar-refractivity contribution is 5.85. The second-order valence-electron chi connectivity index (χ2n) is 6.13. The average molecular weight is 273 g/mol. The van der Waals surface area contributed by atoms with E-state index in [2.05, 4.69) is 10.6 Å². The van der Waals surface area contributed by atoms with E-state index in [-0.39, 0.29) is 24.4 Å². The Bertz CT molecular complexity index is 280. The molecular formula is C14H25ClN2O. The number of halogens is 1. The molecule has 3 nitrogen and oxygen atoms in total. The summed E-state index contributed by atoms with van der Waals surface area (Å²) in [7, 11) is 0. The monoisotopic (exact) mass is 272 g/mol. The Balaban J connectivity index is 0.00000120. The molecule has 0 radical (unpaired) electrons. The fraction of sp³-hybridized carbons (Fsp3) is 0.929. The van der Waals surface area contributed by atoms with Crippen molar-refractivity contribution in [2.75, 3.05) is 6.54 Å². The van der Waals surface area contributed by atoms with E-state index in [0.717, 1.165) is 24.8 Å². The van der Waals surface area contributed by atoms with Crippen molar-refractivity contribution >= 4 is 18.3 Å². The van der Waals surface area contributed by atoms with Crippen LogP contribution in [0.15, 0.2) is 0 Å². The van der Waals surface area contributed by atoms with Gasteiger partial charge < -0.3 is 10.6 Å². The molecule has 3 rings (SSSR count). The zero-order valence-corrected chi connectivity index (χ0v) is 11.8. The maximum Gasteiger partial charge on any atom is 0.237 e. The summed E-state index contributed by atoms with van der Waals surface area (Å²) in [4.78, 5) is 12.0. The SMILES string of the molecule is Cl.O=C(NCCC1CC1)C1CC2CCCCC2N1. The minimum absolute atomic E-state index is 0. The first-order chi connectivity index (χ1) is 8.33. The molecule has 0 aromatic rings. The lowest BCUT2D eigenvalue weighted by Crippen LogP contribution is -2.43. The number of hydrogen-bond donors (Lipinski definition) is 2. The highest BCUT2D eigenvalue weighted by Crippen LogP contribution is 2.33. The Morgan fingerprint density at radius 2 is 1.94 bits per heavy atom. The van der Waals surface area contributed by atoms with Gasteiger partial charge in [0.15, 0.2) is 0 Å². The van der Waals surface area contributed by atoms with Gasteiger partial charge in [0.25, 0.3) is 0 Å². The van der Waals surface area contributed by atoms with Gasteiger partial charge in [-0.15, -0.1) is 12.4 Å². The van der Waals surface area contributed by atoms with Gasteiger partial charge in [0.1, 0.15) is 0 Å². The van der Waals surface area contributed by atoms with E-state index in [9.17, 15) is 4.79 Å². The van der Waals surface area contributed by atoms with E-state index in [4.69, 9.17) is 0 Å². The summed E-state index contributed by atoms with van der Waals surface area (Å²) in [6.07, 6.45) is 10.3. The van der Waals surface area contributed by atoms with Crippen molar-refractivity contribution in [3.05, 3.63) is 0 Å². The number of carbonyl (C=O) groups excluding carboxylic acids is 1. The summed E-state index contributed by atoms with van der Waals surface area (Å²) >= 11 is 0. The van der Waals surface area contributed by atoms with Crippen molar-refractivity contribution in [2.45, 2.75) is 63.5 Å². The first kappa shape index (κ1) is 14.1. The Labute approximate surface area is 116 Å². The molecule has 2 N–H and O–H groups in total. The predicted octanol–water partition coefficient (Wildman–Crippen LogP) is 2.25. The van der Waals surface area contributed by atoms with E-state index in [1.807, 2.05) is 0 Å². The van der Waals surface area contributed by atoms with Gasteiger partial charge in [-0.3, -0.25) is 4.79 Å². The Hall–Kier alpha value is -0.280. The molecule has 0 aromatic heterocycles. The molecule has 4 heteroatoms. The van der Waals surface area contributed by atoms with Crippen LogP contribution in [0.25, 0.3) is 0 Å². The summed E-state index contributed by atoms with van der Waals surface area (Å²) in [5.74, 6) is 1.93. The smallest absolute Gasteiger partial charge is 0.237 e. The van der Waals surface area contributed by atoms with Gasteiger partial charge in [0.05, 0.1) is 6.04 Å². The molecule has 0 bridgehead atoms. The molecule has 0 spiro atoms. The van der Waals surface area contributed by atoms with Crippen molar-refractivity contribution in [3.8, 4) is 0 Å². The molecule has 0 aromatic carbocycles. The fourth-order valence-electron chi connectivity index (χ4n) is 3.45. The molecule has 3 atom stereocenters. The second kappa shape index (κ2) is 6.25. The Morgan fingerprint density at radius 1 is 1.17 bits per heavy atom. The number of carbonyl (C=O) groups is 1. The van der Waals surface area contributed by atoms with Crippen LogP contribution in [0.5, 0.6) is 0 Å². The van der Waals surface area contributed by atoms with E-state index < -0.39 is 0 Å². The third-order valence-corrected chi connectivity index (χ3v) is 4.73. The molecule has 104 valence electrons. The van der Waals surface area contributed by atoms with Crippen LogP contribution in [0, 0.1) is 11.8 Å². The lowest BCUT2D eigenvalue weighted by Gasteiger charge is -2.24. The van der Waals surface area contributed by atoms with Gasteiger partial charge in [0.2, 0.25) is 5.91 Å². The molecule has 1 aliphatic heterocycles. The highest BCUT2D eigenvalue weighted by atomic mass is 35.5. The molecule has 1 saturated heterocycles. The molecule has 1 amide bonds. The number of fused-ring (bicyclic) bond motifs is 1. The largest absolute Gasteiger partial charge is 0.355 e. The summed E-state index contributed by atoms with van der Waals surface area (Å²) < 4.78 is 0. The maximum atomic E-state index is 12.0. The van der Waals surface area contributed by atoms with Gasteiger partial charge in [-0.05, 0) is 37.5 Å². The molecule has 3 unspecified atom stereocenters. The first-order valence-corrected chi connectivity index (χ1v) is 7.36. The van der Waals surface area contributed by atoms with Gasteiger partial charge >= 0.3 is 0 Å². The normalized spacial score (nSPS) is 34.6. The van der Waals surface area contributed by atoms with Crippen LogP contribution >= 0.6 is 12.4 Å². The quantitative estimate of drug-likeness (QED) is 0.824. The number of amides is 1. The van der Waals surface area contributed by atoms with Crippen molar-refractivity contribution in [3.63, 3.8) is 0 Å². The summed E-state index contributed by atoms with van der Waals surface area (Å²) in [6.45, 7) is 0.886. The zero-order chi connectivity index (χ0) is 11.7. The van der Waals surface area contributed by atoms with Crippen LogP contribution in [-0.4, -0.2) is 24.5 Å². The van der Waals surface area contributed by atoms with Gasteiger partial charge in [-0.2, -0.15) is 0 Å². The number of hydrogen-bond acceptors (Lipinski definition) is 2. The van der Waals surface area contributed by atoms with E-state index in [1.54, 1.807) is 0 Å². The first-order valence-electron chi connectivity index (χ1n) is 7.36. The summed E-state index contributed by atoms with van der Waals surface area (Å²) in [5, 5.41) is 6.64. The molecular weight excluding hydrogens is 248 g/mol. The molecule has 2 saturated carbocycles. The molecule has 3 aliphatic rings. The van der Waals surface area contributed by atoms with Crippen LogP contribution in [0.3, 0.4) is 0 Å². The minimum atomic E-state index is 0. The average Bonchev–Trinajstić information content (AvgIpc) is 3.06. The van der Waals surface area contributed by atoms with Crippen LogP contribution < -0.4 is 10.6 Å². The predicted molar refractivity (Wildman–Crippen MR) is 74.9 cm³/mol. The Morgan fingerprint density at radius 3 is 2.67 bits per heavy atom. The second-order valence-corrected chi connectivity index (χ2v) is 6.13. The molecule has 3 fully saturated rings. The minimum Gasteiger partial charge on any atom is -0.355 e. The molecule has 1 heterocycles. The zero-order valence-electron chi connectivity index (χ0n) is 11.0. The van der Waals surface area contributed by atoms with Crippen molar-refractivity contribution < 1.29 is 4.79 Å². The number of nitrogens with one attached hydrogen (secondary N) is 2. The Kier molecular flexibility index (Phi) is 4.91. The fourth-order valence-corrected chi connectivity index (χ4v) is 3.45. The molecule has 18 heavy (non-hydrogen) atoms. The van der Waals surface area contributed by atoms with E-state index in [1.165, 1.54) is 44.9 Å². The third-order valence-electron chi connectivity index (χ3n) is 4.73. The maximum absolute atomic E-state index is 12.0. The van der Waals surface area contributed by atoms with Crippen LogP contribution in [0.4, 0.5) is 0 Å². The lowest BCUT2D eigenvalue weighted by atomic mass is 9.85. The lowest BCUT2D eigenvalue weighted by molar-refractivity contribution is -0.122. The topological polar surface area (TPSA) is 41.1 Å². The summed E-state index contributed by atoms with van der Waals surface area (Å²) in [5.41, 5.74) is 0. The highest BCUT2D eigenvalue weighted by Gasteiger charge is 2.38. The van der Waals surface area contributed by atoms with Gasteiger partial charge in [0, 0.05) is 12.6 Å². The van der Waals surface area contributed by atoms with Crippen LogP contribution in [-0.2, 0) is 4.79 Å². The summed E-state index contributed by atoms with van der Waals surface area (Å²) in [6, 6.07) is 0.727. The van der Waals surface area contributed by atoms with Crippen molar-refractivity contribution in [1.82, 2.24) is 10.6 Å². The van der Waals surface area contributed by atoms with Crippen molar-refractivity contribution in [1.29, 1.82) is 0 Å². The number of rotatable bonds is 4. The van der Waals surface area contributed by atoms with Gasteiger partial charge in [-0.1, -0.05) is 25.7 Å². The van der Waals surface area contributed by atoms with Crippen molar-refractivity contribution in [2.24, 2.45) is 11.8 Å². The van der Waals surface area contributed by atoms with Crippen LogP contribution in [0.2, 0.25) is 0 Å². The third kappa shape index (κ3) is 3.39. The van der Waals surface area contributed by atoms with E-state index >= 15 is 0 Å². The molecule has 2 aliphatic carbocycles. The van der Waals surface area contributed by atoms with Crippen LogP contribution in [0.1, 0.15) is 51.4 Å². The van der Waals surface area contributed by atoms with E-state index in [0.29, 0.717) is 6.04 Å².